The fraction of sp³-hybridized carbons (Fsp3) is 0.833. The molecule has 2 heteroatoms. The summed E-state index contributed by atoms with van der Waals surface area (Å²) in [5.41, 5.74) is 0. The minimum atomic E-state index is 0.100. The van der Waals surface area contributed by atoms with Gasteiger partial charge in [0.2, 0.25) is 0 Å². The first-order valence-corrected chi connectivity index (χ1v) is 5.67. The van der Waals surface area contributed by atoms with Gasteiger partial charge in [-0.25, -0.2) is 0 Å². The zero-order valence-electron chi connectivity index (χ0n) is 9.64. The van der Waals surface area contributed by atoms with E-state index in [0.29, 0.717) is 18.8 Å². The SMILES string of the molecule is CCCC(=O)CC(=O)CC(CC)CC. The van der Waals surface area contributed by atoms with Crippen LogP contribution in [-0.4, -0.2) is 11.6 Å². The van der Waals surface area contributed by atoms with Crippen LogP contribution in [0.25, 0.3) is 0 Å². The molecular weight excluding hydrogens is 176 g/mol. The minimum absolute atomic E-state index is 0.100. The molecule has 0 spiro atoms. The number of Topliss-reactive ketones (excluding diaryl/α,β-unsaturated/α-hetero) is 2. The molecule has 0 saturated heterocycles. The van der Waals surface area contributed by atoms with E-state index in [9.17, 15) is 9.59 Å². The van der Waals surface area contributed by atoms with Crippen LogP contribution in [-0.2, 0) is 9.59 Å². The Morgan fingerprint density at radius 3 is 2.00 bits per heavy atom. The van der Waals surface area contributed by atoms with Crippen LogP contribution in [0.2, 0.25) is 0 Å². The summed E-state index contributed by atoms with van der Waals surface area (Å²) < 4.78 is 0. The van der Waals surface area contributed by atoms with Crippen LogP contribution in [0.5, 0.6) is 0 Å². The van der Waals surface area contributed by atoms with Crippen LogP contribution in [0.4, 0.5) is 0 Å². The van der Waals surface area contributed by atoms with Gasteiger partial charge in [0.05, 0.1) is 6.42 Å². The lowest BCUT2D eigenvalue weighted by Crippen LogP contribution is -2.11. The molecule has 0 unspecified atom stereocenters. The van der Waals surface area contributed by atoms with Gasteiger partial charge >= 0.3 is 0 Å². The van der Waals surface area contributed by atoms with Gasteiger partial charge in [-0.1, -0.05) is 33.6 Å². The predicted molar refractivity (Wildman–Crippen MR) is 58.2 cm³/mol. The molecule has 0 fully saturated rings. The molecule has 2 nitrogen and oxygen atoms in total. The molecule has 82 valence electrons. The van der Waals surface area contributed by atoms with Crippen molar-refractivity contribution in [2.24, 2.45) is 5.92 Å². The second-order valence-corrected chi connectivity index (χ2v) is 3.89. The van der Waals surface area contributed by atoms with E-state index in [1.54, 1.807) is 0 Å². The number of carbonyl (C=O) groups is 2. The highest BCUT2D eigenvalue weighted by Gasteiger charge is 2.13. The van der Waals surface area contributed by atoms with E-state index in [-0.39, 0.29) is 18.0 Å². The van der Waals surface area contributed by atoms with Crippen molar-refractivity contribution in [2.45, 2.75) is 59.3 Å². The van der Waals surface area contributed by atoms with E-state index in [2.05, 4.69) is 13.8 Å². The van der Waals surface area contributed by atoms with Gasteiger partial charge in [-0.2, -0.15) is 0 Å². The molecule has 0 radical (unpaired) electrons. The molecule has 0 aliphatic rings. The topological polar surface area (TPSA) is 34.1 Å². The second kappa shape index (κ2) is 7.72. The number of carbonyl (C=O) groups excluding carboxylic acids is 2. The van der Waals surface area contributed by atoms with Crippen molar-refractivity contribution in [2.75, 3.05) is 0 Å². The Kier molecular flexibility index (Phi) is 7.35. The van der Waals surface area contributed by atoms with Crippen molar-refractivity contribution in [3.63, 3.8) is 0 Å². The fourth-order valence-electron chi connectivity index (χ4n) is 1.56. The Balaban J connectivity index is 3.79. The second-order valence-electron chi connectivity index (χ2n) is 3.89. The van der Waals surface area contributed by atoms with Gasteiger partial charge < -0.3 is 0 Å². The summed E-state index contributed by atoms with van der Waals surface area (Å²) in [6.45, 7) is 6.15. The monoisotopic (exact) mass is 198 g/mol. The highest BCUT2D eigenvalue weighted by Crippen LogP contribution is 2.14. The largest absolute Gasteiger partial charge is 0.299 e. The summed E-state index contributed by atoms with van der Waals surface area (Å²) >= 11 is 0. The Morgan fingerprint density at radius 1 is 1.00 bits per heavy atom. The third-order valence-electron chi connectivity index (χ3n) is 2.59. The molecular formula is C12H22O2. The third-order valence-corrected chi connectivity index (χ3v) is 2.59. The number of ketones is 2. The first-order chi connectivity index (χ1) is 6.63. The number of hydrogen-bond acceptors (Lipinski definition) is 2. The molecule has 0 aliphatic carbocycles. The lowest BCUT2D eigenvalue weighted by Gasteiger charge is -2.10. The van der Waals surface area contributed by atoms with E-state index in [1.165, 1.54) is 0 Å². The molecule has 0 amide bonds. The van der Waals surface area contributed by atoms with Crippen molar-refractivity contribution >= 4 is 11.6 Å². The van der Waals surface area contributed by atoms with Crippen LogP contribution in [0.15, 0.2) is 0 Å². The Labute approximate surface area is 87.1 Å². The molecule has 0 saturated carbocycles. The smallest absolute Gasteiger partial charge is 0.140 e. The molecule has 0 atom stereocenters. The summed E-state index contributed by atoms with van der Waals surface area (Å²) in [7, 11) is 0. The van der Waals surface area contributed by atoms with Crippen LogP contribution in [0.1, 0.15) is 59.3 Å². The normalized spacial score (nSPS) is 10.6. The van der Waals surface area contributed by atoms with E-state index in [4.69, 9.17) is 0 Å². The van der Waals surface area contributed by atoms with Gasteiger partial charge in [0.25, 0.3) is 0 Å². The maximum absolute atomic E-state index is 11.4. The molecule has 14 heavy (non-hydrogen) atoms. The van der Waals surface area contributed by atoms with Gasteiger partial charge in [-0.15, -0.1) is 0 Å². The molecule has 0 bridgehead atoms. The van der Waals surface area contributed by atoms with Gasteiger partial charge in [-0.3, -0.25) is 9.59 Å². The number of rotatable bonds is 8. The lowest BCUT2D eigenvalue weighted by molar-refractivity contribution is -0.127. The predicted octanol–water partition coefficient (Wildman–Crippen LogP) is 3.14. The fourth-order valence-corrected chi connectivity index (χ4v) is 1.56. The zero-order valence-corrected chi connectivity index (χ0v) is 9.64. The maximum Gasteiger partial charge on any atom is 0.140 e. The molecule has 0 aromatic heterocycles. The standard InChI is InChI=1S/C12H22O2/c1-4-7-11(13)9-12(14)8-10(5-2)6-3/h10H,4-9H2,1-3H3. The van der Waals surface area contributed by atoms with Crippen molar-refractivity contribution in [3.05, 3.63) is 0 Å². The molecule has 0 aromatic carbocycles. The third kappa shape index (κ3) is 5.90. The minimum Gasteiger partial charge on any atom is -0.299 e. The zero-order chi connectivity index (χ0) is 11.0. The Bertz CT molecular complexity index is 181. The van der Waals surface area contributed by atoms with Crippen LogP contribution >= 0.6 is 0 Å². The number of hydrogen-bond donors (Lipinski definition) is 0. The quantitative estimate of drug-likeness (QED) is 0.561. The molecule has 0 rings (SSSR count). The van der Waals surface area contributed by atoms with Crippen molar-refractivity contribution in [1.29, 1.82) is 0 Å². The Morgan fingerprint density at radius 2 is 1.57 bits per heavy atom. The highest BCUT2D eigenvalue weighted by molar-refractivity contribution is 5.99. The Hall–Kier alpha value is -0.660. The van der Waals surface area contributed by atoms with Gasteiger partial charge in [0, 0.05) is 12.8 Å². The summed E-state index contributed by atoms with van der Waals surface area (Å²) in [4.78, 5) is 22.6. The van der Waals surface area contributed by atoms with Crippen LogP contribution < -0.4 is 0 Å². The summed E-state index contributed by atoms with van der Waals surface area (Å²) in [5.74, 6) is 0.692. The van der Waals surface area contributed by atoms with Gasteiger partial charge in [0.1, 0.15) is 11.6 Å². The van der Waals surface area contributed by atoms with Crippen LogP contribution in [0, 0.1) is 5.92 Å². The van der Waals surface area contributed by atoms with E-state index in [0.717, 1.165) is 19.3 Å². The van der Waals surface area contributed by atoms with Crippen molar-refractivity contribution < 1.29 is 9.59 Å². The van der Waals surface area contributed by atoms with E-state index >= 15 is 0 Å². The lowest BCUT2D eigenvalue weighted by atomic mass is 9.94. The van der Waals surface area contributed by atoms with Crippen LogP contribution in [0.3, 0.4) is 0 Å². The summed E-state index contributed by atoms with van der Waals surface area (Å²) in [6, 6.07) is 0. The molecule has 0 aromatic rings. The maximum atomic E-state index is 11.4. The average molecular weight is 198 g/mol. The van der Waals surface area contributed by atoms with E-state index < -0.39 is 0 Å². The highest BCUT2D eigenvalue weighted by atomic mass is 16.1. The van der Waals surface area contributed by atoms with E-state index in [1.807, 2.05) is 6.92 Å². The molecule has 0 heterocycles. The molecule has 0 N–H and O–H groups in total. The first kappa shape index (κ1) is 13.3. The van der Waals surface area contributed by atoms with Crippen molar-refractivity contribution in [1.82, 2.24) is 0 Å². The van der Waals surface area contributed by atoms with Crippen molar-refractivity contribution in [3.8, 4) is 0 Å². The first-order valence-electron chi connectivity index (χ1n) is 5.67. The average Bonchev–Trinajstić information content (AvgIpc) is 2.14. The van der Waals surface area contributed by atoms with Gasteiger partial charge in [0.15, 0.2) is 0 Å². The molecule has 0 aliphatic heterocycles. The van der Waals surface area contributed by atoms with Gasteiger partial charge in [-0.05, 0) is 12.3 Å². The summed E-state index contributed by atoms with van der Waals surface area (Å²) in [6.07, 6.45) is 4.20. The summed E-state index contributed by atoms with van der Waals surface area (Å²) in [5, 5.41) is 0.